The molecule has 1 amide bonds. The second-order valence-electron chi connectivity index (χ2n) is 4.76. The lowest BCUT2D eigenvalue weighted by Crippen LogP contribution is -2.42. The van der Waals surface area contributed by atoms with Crippen LogP contribution in [0.3, 0.4) is 0 Å². The van der Waals surface area contributed by atoms with Crippen molar-refractivity contribution in [3.8, 4) is 11.5 Å². The third-order valence-corrected chi connectivity index (χ3v) is 3.70. The molecule has 2 aromatic rings. The van der Waals surface area contributed by atoms with Crippen molar-refractivity contribution in [1.82, 2.24) is 5.43 Å². The minimum atomic E-state index is -0.761. The minimum Gasteiger partial charge on any atom is -0.485 e. The molecule has 23 heavy (non-hydrogen) atoms. The molecular formula is C16H12Cl2N2O3. The van der Waals surface area contributed by atoms with E-state index in [1.807, 2.05) is 12.1 Å². The molecule has 3 rings (SSSR count). The number of amides is 1. The zero-order valence-electron chi connectivity index (χ0n) is 11.8. The monoisotopic (exact) mass is 350 g/mol. The molecule has 1 atom stereocenters. The fraction of sp³-hybridized carbons (Fsp3) is 0.125. The molecule has 0 saturated carbocycles. The van der Waals surface area contributed by atoms with Crippen LogP contribution in [0.1, 0.15) is 5.56 Å². The van der Waals surface area contributed by atoms with Crippen molar-refractivity contribution in [1.29, 1.82) is 0 Å². The molecule has 1 heterocycles. The van der Waals surface area contributed by atoms with E-state index in [-0.39, 0.29) is 6.61 Å². The van der Waals surface area contributed by atoms with E-state index in [4.69, 9.17) is 32.7 Å². The van der Waals surface area contributed by atoms with Crippen molar-refractivity contribution in [2.75, 3.05) is 6.61 Å². The Hall–Kier alpha value is -2.24. The molecule has 7 heteroatoms. The van der Waals surface area contributed by atoms with Crippen LogP contribution in [0.4, 0.5) is 0 Å². The number of benzene rings is 2. The number of carbonyl (C=O) groups is 1. The van der Waals surface area contributed by atoms with Crippen molar-refractivity contribution in [3.05, 3.63) is 58.1 Å². The molecule has 0 spiro atoms. The number of hydrogen-bond donors (Lipinski definition) is 1. The van der Waals surface area contributed by atoms with Crippen LogP contribution >= 0.6 is 23.2 Å². The Morgan fingerprint density at radius 2 is 2.00 bits per heavy atom. The highest BCUT2D eigenvalue weighted by Gasteiger charge is 2.26. The molecule has 0 aromatic heterocycles. The van der Waals surface area contributed by atoms with Crippen molar-refractivity contribution in [2.45, 2.75) is 6.10 Å². The van der Waals surface area contributed by atoms with Gasteiger partial charge in [0.15, 0.2) is 11.5 Å². The maximum atomic E-state index is 12.1. The second-order valence-corrected chi connectivity index (χ2v) is 5.61. The lowest BCUT2D eigenvalue weighted by molar-refractivity contribution is -0.130. The van der Waals surface area contributed by atoms with Crippen LogP contribution in [0.25, 0.3) is 0 Å². The summed E-state index contributed by atoms with van der Waals surface area (Å²) in [6.45, 7) is 0.125. The molecule has 5 nitrogen and oxygen atoms in total. The van der Waals surface area contributed by atoms with Crippen molar-refractivity contribution in [2.24, 2.45) is 5.10 Å². The Balaban J connectivity index is 1.61. The summed E-state index contributed by atoms with van der Waals surface area (Å²) in [5.41, 5.74) is 3.05. The van der Waals surface area contributed by atoms with Gasteiger partial charge in [0.05, 0.1) is 11.2 Å². The zero-order chi connectivity index (χ0) is 16.2. The summed E-state index contributed by atoms with van der Waals surface area (Å²) >= 11 is 11.8. The van der Waals surface area contributed by atoms with Gasteiger partial charge in [-0.3, -0.25) is 4.79 Å². The SMILES string of the molecule is O=C(N/N=C\c1ccc(Cl)cc1Cl)[C@H]1COc2ccccc2O1. The average Bonchev–Trinajstić information content (AvgIpc) is 2.56. The number of carbonyl (C=O) groups excluding carboxylic acids is 1. The van der Waals surface area contributed by atoms with Crippen LogP contribution in [0.2, 0.25) is 10.0 Å². The highest BCUT2D eigenvalue weighted by Crippen LogP contribution is 2.30. The van der Waals surface area contributed by atoms with Gasteiger partial charge in [-0.25, -0.2) is 5.43 Å². The lowest BCUT2D eigenvalue weighted by Gasteiger charge is -2.24. The van der Waals surface area contributed by atoms with Crippen LogP contribution in [0.15, 0.2) is 47.6 Å². The first-order chi connectivity index (χ1) is 11.1. The fourth-order valence-electron chi connectivity index (χ4n) is 1.99. The van der Waals surface area contributed by atoms with Crippen molar-refractivity contribution >= 4 is 35.3 Å². The van der Waals surface area contributed by atoms with Crippen molar-refractivity contribution in [3.63, 3.8) is 0 Å². The van der Waals surface area contributed by atoms with Gasteiger partial charge in [0, 0.05) is 10.6 Å². The van der Waals surface area contributed by atoms with Crippen LogP contribution in [-0.2, 0) is 4.79 Å². The molecule has 0 aliphatic carbocycles. The predicted molar refractivity (Wildman–Crippen MR) is 88.6 cm³/mol. The molecule has 118 valence electrons. The fourth-order valence-corrected chi connectivity index (χ4v) is 2.45. The van der Waals surface area contributed by atoms with Crippen LogP contribution in [-0.4, -0.2) is 24.8 Å². The van der Waals surface area contributed by atoms with Gasteiger partial charge in [0.1, 0.15) is 6.61 Å². The van der Waals surface area contributed by atoms with E-state index in [0.29, 0.717) is 27.1 Å². The topological polar surface area (TPSA) is 59.9 Å². The Morgan fingerprint density at radius 3 is 2.78 bits per heavy atom. The van der Waals surface area contributed by atoms with E-state index < -0.39 is 12.0 Å². The second kappa shape index (κ2) is 6.89. The Bertz CT molecular complexity index is 765. The van der Waals surface area contributed by atoms with Gasteiger partial charge in [0.2, 0.25) is 6.10 Å². The van der Waals surface area contributed by atoms with Gasteiger partial charge < -0.3 is 9.47 Å². The Labute approximate surface area is 142 Å². The summed E-state index contributed by atoms with van der Waals surface area (Å²) in [7, 11) is 0. The summed E-state index contributed by atoms with van der Waals surface area (Å²) in [5, 5.41) is 4.85. The lowest BCUT2D eigenvalue weighted by atomic mass is 10.2. The number of nitrogens with one attached hydrogen (secondary N) is 1. The summed E-state index contributed by atoms with van der Waals surface area (Å²) in [5.74, 6) is 0.748. The number of fused-ring (bicyclic) bond motifs is 1. The Kier molecular flexibility index (Phi) is 4.69. The zero-order valence-corrected chi connectivity index (χ0v) is 13.3. The predicted octanol–water partition coefficient (Wildman–Crippen LogP) is 3.28. The first-order valence-electron chi connectivity index (χ1n) is 6.80. The summed E-state index contributed by atoms with van der Waals surface area (Å²) in [6.07, 6.45) is 0.677. The van der Waals surface area contributed by atoms with Gasteiger partial charge >= 0.3 is 0 Å². The number of hydrogen-bond acceptors (Lipinski definition) is 4. The smallest absolute Gasteiger partial charge is 0.284 e. The van der Waals surface area contributed by atoms with Crippen molar-refractivity contribution < 1.29 is 14.3 Å². The molecule has 0 unspecified atom stereocenters. The summed E-state index contributed by atoms with van der Waals surface area (Å²) < 4.78 is 11.1. The van der Waals surface area contributed by atoms with E-state index in [9.17, 15) is 4.79 Å². The first kappa shape index (κ1) is 15.6. The molecule has 0 fully saturated rings. The third kappa shape index (κ3) is 3.75. The largest absolute Gasteiger partial charge is 0.485 e. The van der Waals surface area contributed by atoms with E-state index in [1.165, 1.54) is 6.21 Å². The molecule has 0 radical (unpaired) electrons. The Morgan fingerprint density at radius 1 is 1.22 bits per heavy atom. The van der Waals surface area contributed by atoms with Gasteiger partial charge in [-0.05, 0) is 24.3 Å². The van der Waals surface area contributed by atoms with Crippen LogP contribution < -0.4 is 14.9 Å². The summed E-state index contributed by atoms with van der Waals surface area (Å²) in [4.78, 5) is 12.1. The molecule has 0 saturated heterocycles. The minimum absolute atomic E-state index is 0.125. The van der Waals surface area contributed by atoms with E-state index in [0.717, 1.165) is 0 Å². The number of halogens is 2. The van der Waals surface area contributed by atoms with Gasteiger partial charge in [-0.15, -0.1) is 0 Å². The van der Waals surface area contributed by atoms with Crippen LogP contribution in [0.5, 0.6) is 11.5 Å². The number of hydrazone groups is 1. The normalized spacial score (nSPS) is 16.3. The highest BCUT2D eigenvalue weighted by molar-refractivity contribution is 6.36. The molecule has 1 aliphatic rings. The van der Waals surface area contributed by atoms with Gasteiger partial charge in [-0.2, -0.15) is 5.10 Å². The molecular weight excluding hydrogens is 339 g/mol. The van der Waals surface area contributed by atoms with Gasteiger partial charge in [0.25, 0.3) is 5.91 Å². The van der Waals surface area contributed by atoms with E-state index >= 15 is 0 Å². The van der Waals surface area contributed by atoms with Crippen LogP contribution in [0, 0.1) is 0 Å². The first-order valence-corrected chi connectivity index (χ1v) is 7.55. The molecule has 0 bridgehead atoms. The quantitative estimate of drug-likeness (QED) is 0.682. The number of nitrogens with zero attached hydrogens (tertiary/aromatic N) is 1. The number of rotatable bonds is 3. The van der Waals surface area contributed by atoms with Gasteiger partial charge in [-0.1, -0.05) is 41.4 Å². The molecule has 1 aliphatic heterocycles. The standard InChI is InChI=1S/C16H12Cl2N2O3/c17-11-6-5-10(12(18)7-11)8-19-20-16(21)15-9-22-13-3-1-2-4-14(13)23-15/h1-8,15H,9H2,(H,20,21)/b19-8-/t15-/m1/s1. The van der Waals surface area contributed by atoms with E-state index in [2.05, 4.69) is 10.5 Å². The molecule has 1 N–H and O–H groups in total. The maximum Gasteiger partial charge on any atom is 0.284 e. The highest BCUT2D eigenvalue weighted by atomic mass is 35.5. The number of para-hydroxylation sites is 2. The third-order valence-electron chi connectivity index (χ3n) is 3.14. The summed E-state index contributed by atoms with van der Waals surface area (Å²) in [6, 6.07) is 12.2. The number of ether oxygens (including phenoxy) is 2. The maximum absolute atomic E-state index is 12.1. The average molecular weight is 351 g/mol. The molecule has 2 aromatic carbocycles. The van der Waals surface area contributed by atoms with E-state index in [1.54, 1.807) is 30.3 Å².